The molecule has 0 aliphatic rings. The highest BCUT2D eigenvalue weighted by Crippen LogP contribution is 2.29. The van der Waals surface area contributed by atoms with Gasteiger partial charge in [0.1, 0.15) is 12.4 Å². The first kappa shape index (κ1) is 24.8. The molecule has 1 heterocycles. The third-order valence-electron chi connectivity index (χ3n) is 4.87. The van der Waals surface area contributed by atoms with Crippen molar-refractivity contribution in [1.82, 2.24) is 10.2 Å². The molecule has 0 saturated heterocycles. The number of carbonyl (C=O) groups excluding carboxylic acids is 1. The molecule has 11 heteroatoms. The third kappa shape index (κ3) is 6.44. The molecule has 1 aromatic heterocycles. The number of thioether (sulfide) groups is 1. The summed E-state index contributed by atoms with van der Waals surface area (Å²) in [6, 6.07) is 21.1. The van der Waals surface area contributed by atoms with Gasteiger partial charge in [-0.15, -0.1) is 10.2 Å². The van der Waals surface area contributed by atoms with Crippen LogP contribution in [0.2, 0.25) is 0 Å². The van der Waals surface area contributed by atoms with Crippen LogP contribution in [0.5, 0.6) is 0 Å². The summed E-state index contributed by atoms with van der Waals surface area (Å²) in [5.41, 5.74) is 2.39. The van der Waals surface area contributed by atoms with Gasteiger partial charge in [0.15, 0.2) is 4.34 Å². The topological polar surface area (TPSA) is 92.3 Å². The highest BCUT2D eigenvalue weighted by molar-refractivity contribution is 8.00. The average molecular weight is 529 g/mol. The molecule has 0 unspecified atom stereocenters. The number of nitrogens with zero attached hydrogens (tertiary/aromatic N) is 3. The van der Waals surface area contributed by atoms with E-state index in [1.165, 1.54) is 35.2 Å². The Morgan fingerprint density at radius 3 is 2.37 bits per heavy atom. The zero-order chi connectivity index (χ0) is 24.8. The molecule has 4 aromatic rings. The highest BCUT2D eigenvalue weighted by atomic mass is 32.2. The Balaban J connectivity index is 1.49. The fraction of sp³-hybridized carbons (Fsp3) is 0.125. The number of hydrogen-bond donors (Lipinski definition) is 1. The number of carbonyl (C=O) groups is 1. The number of rotatable bonds is 9. The van der Waals surface area contributed by atoms with Crippen molar-refractivity contribution >= 4 is 49.8 Å². The summed E-state index contributed by atoms with van der Waals surface area (Å²) in [6.45, 7) is 1.38. The van der Waals surface area contributed by atoms with Crippen molar-refractivity contribution in [3.63, 3.8) is 0 Å². The molecule has 7 nitrogen and oxygen atoms in total. The molecular weight excluding hydrogens is 507 g/mol. The Hall–Kier alpha value is -3.28. The van der Waals surface area contributed by atoms with Crippen LogP contribution in [0.3, 0.4) is 0 Å². The zero-order valence-electron chi connectivity index (χ0n) is 18.6. The fourth-order valence-corrected chi connectivity index (χ4v) is 6.23. The van der Waals surface area contributed by atoms with Crippen LogP contribution in [-0.4, -0.2) is 31.1 Å². The summed E-state index contributed by atoms with van der Waals surface area (Å²) in [7, 11) is -4.14. The van der Waals surface area contributed by atoms with E-state index in [0.717, 1.165) is 27.6 Å². The third-order valence-corrected chi connectivity index (χ3v) is 8.70. The summed E-state index contributed by atoms with van der Waals surface area (Å²) in [5, 5.41) is 11.0. The average Bonchev–Trinajstić information content (AvgIpc) is 3.30. The van der Waals surface area contributed by atoms with Crippen LogP contribution in [-0.2, 0) is 20.6 Å². The minimum atomic E-state index is -4.14. The lowest BCUT2D eigenvalue weighted by molar-refractivity contribution is -0.114. The lowest BCUT2D eigenvalue weighted by atomic mass is 10.2. The van der Waals surface area contributed by atoms with Crippen molar-refractivity contribution in [3.05, 3.63) is 95.8 Å². The maximum absolute atomic E-state index is 13.4. The number of nitrogens with one attached hydrogen (secondary N) is 1. The van der Waals surface area contributed by atoms with Crippen LogP contribution in [0.4, 0.5) is 15.2 Å². The SMILES string of the molecule is Cc1ccc(N(CC(=O)Nc2nnc(SCc3ccccc3)s2)S(=O)(=O)c2ccc(F)cc2)cc1. The van der Waals surface area contributed by atoms with E-state index in [1.54, 1.807) is 24.3 Å². The molecule has 0 fully saturated rings. The van der Waals surface area contributed by atoms with E-state index >= 15 is 0 Å². The van der Waals surface area contributed by atoms with Crippen LogP contribution in [0.25, 0.3) is 0 Å². The predicted molar refractivity (Wildman–Crippen MR) is 137 cm³/mol. The second-order valence-corrected chi connectivity index (χ2v) is 11.6. The van der Waals surface area contributed by atoms with Crippen molar-refractivity contribution < 1.29 is 17.6 Å². The fourth-order valence-electron chi connectivity index (χ4n) is 3.09. The van der Waals surface area contributed by atoms with Gasteiger partial charge in [-0.2, -0.15) is 0 Å². The number of aryl methyl sites for hydroxylation is 1. The van der Waals surface area contributed by atoms with Crippen LogP contribution >= 0.6 is 23.1 Å². The molecule has 35 heavy (non-hydrogen) atoms. The molecule has 0 spiro atoms. The Morgan fingerprint density at radius 2 is 1.69 bits per heavy atom. The molecule has 4 rings (SSSR count). The number of hydrogen-bond acceptors (Lipinski definition) is 7. The number of sulfonamides is 1. The molecule has 0 radical (unpaired) electrons. The summed E-state index contributed by atoms with van der Waals surface area (Å²) in [5.74, 6) is -0.423. The second-order valence-electron chi connectivity index (χ2n) is 7.50. The van der Waals surface area contributed by atoms with E-state index in [4.69, 9.17) is 0 Å². The van der Waals surface area contributed by atoms with Crippen molar-refractivity contribution in [2.75, 3.05) is 16.2 Å². The first-order valence-electron chi connectivity index (χ1n) is 10.5. The van der Waals surface area contributed by atoms with Gasteiger partial charge < -0.3 is 0 Å². The van der Waals surface area contributed by atoms with Crippen molar-refractivity contribution in [1.29, 1.82) is 0 Å². The molecule has 180 valence electrons. The first-order chi connectivity index (χ1) is 16.8. The van der Waals surface area contributed by atoms with Crippen LogP contribution in [0.15, 0.2) is 88.1 Å². The van der Waals surface area contributed by atoms with Gasteiger partial charge in [0, 0.05) is 5.75 Å². The monoisotopic (exact) mass is 528 g/mol. The van der Waals surface area contributed by atoms with Crippen LogP contribution < -0.4 is 9.62 Å². The number of benzene rings is 3. The van der Waals surface area contributed by atoms with E-state index in [9.17, 15) is 17.6 Å². The molecular formula is C24H21FN4O3S3. The largest absolute Gasteiger partial charge is 0.299 e. The zero-order valence-corrected chi connectivity index (χ0v) is 21.0. The minimum absolute atomic E-state index is 0.122. The van der Waals surface area contributed by atoms with Crippen LogP contribution in [0.1, 0.15) is 11.1 Å². The lowest BCUT2D eigenvalue weighted by Crippen LogP contribution is -2.38. The first-order valence-corrected chi connectivity index (χ1v) is 13.7. The molecule has 0 aliphatic carbocycles. The van der Waals surface area contributed by atoms with Crippen molar-refractivity contribution in [2.45, 2.75) is 21.9 Å². The minimum Gasteiger partial charge on any atom is -0.299 e. The number of halogens is 1. The molecule has 3 aromatic carbocycles. The van der Waals surface area contributed by atoms with E-state index in [-0.39, 0.29) is 10.0 Å². The maximum atomic E-state index is 13.4. The molecule has 0 saturated carbocycles. The van der Waals surface area contributed by atoms with Gasteiger partial charge in [0.2, 0.25) is 11.0 Å². The number of amides is 1. The molecule has 1 amide bonds. The summed E-state index contributed by atoms with van der Waals surface area (Å²) in [4.78, 5) is 12.7. The lowest BCUT2D eigenvalue weighted by Gasteiger charge is -2.24. The molecule has 0 atom stereocenters. The smallest absolute Gasteiger partial charge is 0.264 e. The Morgan fingerprint density at radius 1 is 1.00 bits per heavy atom. The standard InChI is InChI=1S/C24H21FN4O3S3/c1-17-7-11-20(12-8-17)29(35(31,32)21-13-9-19(25)10-14-21)15-22(30)26-23-27-28-24(34-23)33-16-18-5-3-2-4-6-18/h2-14H,15-16H2,1H3,(H,26,27,30). The van der Waals surface area contributed by atoms with Gasteiger partial charge >= 0.3 is 0 Å². The van der Waals surface area contributed by atoms with Gasteiger partial charge in [0.05, 0.1) is 10.6 Å². The van der Waals surface area contributed by atoms with Gasteiger partial charge in [0.25, 0.3) is 10.0 Å². The van der Waals surface area contributed by atoms with E-state index in [2.05, 4.69) is 15.5 Å². The normalized spacial score (nSPS) is 11.3. The quantitative estimate of drug-likeness (QED) is 0.240. The van der Waals surface area contributed by atoms with Gasteiger partial charge in [-0.05, 0) is 48.9 Å². The van der Waals surface area contributed by atoms with E-state index < -0.39 is 28.3 Å². The van der Waals surface area contributed by atoms with Gasteiger partial charge in [-0.1, -0.05) is 71.1 Å². The van der Waals surface area contributed by atoms with Crippen molar-refractivity contribution in [2.24, 2.45) is 0 Å². The summed E-state index contributed by atoms with van der Waals surface area (Å²) < 4.78 is 41.7. The maximum Gasteiger partial charge on any atom is 0.264 e. The molecule has 0 aliphatic heterocycles. The summed E-state index contributed by atoms with van der Waals surface area (Å²) in [6.07, 6.45) is 0. The van der Waals surface area contributed by atoms with Gasteiger partial charge in [-0.25, -0.2) is 12.8 Å². The number of aromatic nitrogens is 2. The Kier molecular flexibility index (Phi) is 7.79. The molecule has 0 bridgehead atoms. The molecule has 1 N–H and O–H groups in total. The predicted octanol–water partition coefficient (Wildman–Crippen LogP) is 5.11. The highest BCUT2D eigenvalue weighted by Gasteiger charge is 2.27. The van der Waals surface area contributed by atoms with Crippen molar-refractivity contribution in [3.8, 4) is 0 Å². The number of anilines is 2. The summed E-state index contributed by atoms with van der Waals surface area (Å²) >= 11 is 2.70. The van der Waals surface area contributed by atoms with E-state index in [1.807, 2.05) is 37.3 Å². The van der Waals surface area contributed by atoms with E-state index in [0.29, 0.717) is 15.8 Å². The van der Waals surface area contributed by atoms with Gasteiger partial charge in [-0.3, -0.25) is 14.4 Å². The second kappa shape index (κ2) is 11.0. The Bertz CT molecular complexity index is 1390. The Labute approximate surface area is 211 Å². The van der Waals surface area contributed by atoms with Crippen LogP contribution in [0, 0.1) is 12.7 Å².